The maximum atomic E-state index is 13.4. The molecular formula is C21H28N2O5S. The SMILES string of the molecule is Cc1ccc(N(CC(C)C)S(=O)(=O)c2ccc(NC(CO)C(=O)O)cc2)c(C)c1. The van der Waals surface area contributed by atoms with Crippen LogP contribution >= 0.6 is 0 Å². The zero-order valence-electron chi connectivity index (χ0n) is 17.1. The number of hydrogen-bond donors (Lipinski definition) is 3. The van der Waals surface area contributed by atoms with Gasteiger partial charge in [0.25, 0.3) is 10.0 Å². The van der Waals surface area contributed by atoms with Gasteiger partial charge in [0.2, 0.25) is 0 Å². The second kappa shape index (κ2) is 9.28. The maximum absolute atomic E-state index is 13.4. The fraction of sp³-hybridized carbons (Fsp3) is 0.381. The zero-order chi connectivity index (χ0) is 21.8. The Hall–Kier alpha value is -2.58. The maximum Gasteiger partial charge on any atom is 0.328 e. The number of benzene rings is 2. The van der Waals surface area contributed by atoms with E-state index in [2.05, 4.69) is 5.32 Å². The molecule has 0 fully saturated rings. The summed E-state index contributed by atoms with van der Waals surface area (Å²) in [7, 11) is -3.81. The van der Waals surface area contributed by atoms with E-state index in [1.165, 1.54) is 28.6 Å². The fourth-order valence-corrected chi connectivity index (χ4v) is 4.67. The molecule has 0 aliphatic carbocycles. The van der Waals surface area contributed by atoms with Crippen molar-refractivity contribution >= 4 is 27.4 Å². The highest BCUT2D eigenvalue weighted by atomic mass is 32.2. The number of aryl methyl sites for hydroxylation is 2. The van der Waals surface area contributed by atoms with Gasteiger partial charge in [0, 0.05) is 12.2 Å². The zero-order valence-corrected chi connectivity index (χ0v) is 17.9. The molecule has 1 unspecified atom stereocenters. The molecule has 2 rings (SSSR count). The van der Waals surface area contributed by atoms with Gasteiger partial charge in [-0.2, -0.15) is 0 Å². The number of nitrogens with one attached hydrogen (secondary N) is 1. The molecule has 0 radical (unpaired) electrons. The number of carboxylic acid groups (broad SMARTS) is 1. The number of aliphatic hydroxyl groups is 1. The second-order valence-electron chi connectivity index (χ2n) is 7.46. The number of anilines is 2. The van der Waals surface area contributed by atoms with Crippen molar-refractivity contribution in [3.05, 3.63) is 53.6 Å². The van der Waals surface area contributed by atoms with Crippen LogP contribution in [0, 0.1) is 19.8 Å². The van der Waals surface area contributed by atoms with E-state index in [0.717, 1.165) is 11.1 Å². The molecule has 158 valence electrons. The molecule has 0 heterocycles. The molecule has 0 amide bonds. The molecule has 29 heavy (non-hydrogen) atoms. The van der Waals surface area contributed by atoms with Crippen LogP contribution in [-0.2, 0) is 14.8 Å². The van der Waals surface area contributed by atoms with Gasteiger partial charge in [0.1, 0.15) is 6.04 Å². The van der Waals surface area contributed by atoms with Crippen molar-refractivity contribution in [2.75, 3.05) is 22.8 Å². The molecule has 0 saturated heterocycles. The van der Waals surface area contributed by atoms with E-state index >= 15 is 0 Å². The van der Waals surface area contributed by atoms with Gasteiger partial charge in [-0.1, -0.05) is 31.5 Å². The number of sulfonamides is 1. The monoisotopic (exact) mass is 420 g/mol. The molecule has 7 nitrogen and oxygen atoms in total. The Kier molecular flexibility index (Phi) is 7.26. The van der Waals surface area contributed by atoms with Crippen LogP contribution in [0.1, 0.15) is 25.0 Å². The summed E-state index contributed by atoms with van der Waals surface area (Å²) in [6.07, 6.45) is 0. The summed E-state index contributed by atoms with van der Waals surface area (Å²) in [5.74, 6) is -1.07. The van der Waals surface area contributed by atoms with Gasteiger partial charge >= 0.3 is 5.97 Å². The quantitative estimate of drug-likeness (QED) is 0.576. The van der Waals surface area contributed by atoms with Gasteiger partial charge in [-0.3, -0.25) is 4.31 Å². The second-order valence-corrected chi connectivity index (χ2v) is 9.32. The average molecular weight is 421 g/mol. The Bertz CT molecular complexity index is 956. The molecule has 1 atom stereocenters. The molecule has 0 aromatic heterocycles. The summed E-state index contributed by atoms with van der Waals surface area (Å²) >= 11 is 0. The van der Waals surface area contributed by atoms with Crippen LogP contribution in [0.15, 0.2) is 47.4 Å². The lowest BCUT2D eigenvalue weighted by Gasteiger charge is -2.28. The van der Waals surface area contributed by atoms with Crippen LogP contribution in [0.4, 0.5) is 11.4 Å². The van der Waals surface area contributed by atoms with Crippen molar-refractivity contribution in [3.8, 4) is 0 Å². The molecule has 0 saturated carbocycles. The lowest BCUT2D eigenvalue weighted by molar-refractivity contribution is -0.138. The third-order valence-corrected chi connectivity index (χ3v) is 6.21. The predicted molar refractivity (Wildman–Crippen MR) is 114 cm³/mol. The van der Waals surface area contributed by atoms with Gasteiger partial charge in [-0.15, -0.1) is 0 Å². The van der Waals surface area contributed by atoms with Crippen LogP contribution in [-0.4, -0.2) is 43.8 Å². The summed E-state index contributed by atoms with van der Waals surface area (Å²) in [6, 6.07) is 10.4. The Morgan fingerprint density at radius 1 is 1.10 bits per heavy atom. The van der Waals surface area contributed by atoms with E-state index in [1.54, 1.807) is 0 Å². The lowest BCUT2D eigenvalue weighted by atomic mass is 10.1. The van der Waals surface area contributed by atoms with Gasteiger partial charge < -0.3 is 15.5 Å². The van der Waals surface area contributed by atoms with Crippen LogP contribution in [0.5, 0.6) is 0 Å². The van der Waals surface area contributed by atoms with Gasteiger partial charge in [0.15, 0.2) is 0 Å². The van der Waals surface area contributed by atoms with E-state index in [9.17, 15) is 13.2 Å². The van der Waals surface area contributed by atoms with E-state index in [4.69, 9.17) is 10.2 Å². The molecule has 8 heteroatoms. The predicted octanol–water partition coefficient (Wildman–Crippen LogP) is 3.01. The summed E-state index contributed by atoms with van der Waals surface area (Å²) in [5.41, 5.74) is 2.98. The van der Waals surface area contributed by atoms with Crippen LogP contribution < -0.4 is 9.62 Å². The number of nitrogens with zero attached hydrogens (tertiary/aromatic N) is 1. The van der Waals surface area contributed by atoms with Crippen molar-refractivity contribution < 1.29 is 23.4 Å². The number of rotatable bonds is 9. The van der Waals surface area contributed by atoms with E-state index in [-0.39, 0.29) is 10.8 Å². The smallest absolute Gasteiger partial charge is 0.328 e. The van der Waals surface area contributed by atoms with E-state index < -0.39 is 28.6 Å². The third kappa shape index (κ3) is 5.48. The molecular weight excluding hydrogens is 392 g/mol. The van der Waals surface area contributed by atoms with Crippen molar-refractivity contribution in [2.45, 2.75) is 38.6 Å². The molecule has 0 aliphatic heterocycles. The van der Waals surface area contributed by atoms with Crippen molar-refractivity contribution in [2.24, 2.45) is 5.92 Å². The first kappa shape index (κ1) is 22.7. The van der Waals surface area contributed by atoms with E-state index in [0.29, 0.717) is 17.9 Å². The van der Waals surface area contributed by atoms with Crippen molar-refractivity contribution in [3.63, 3.8) is 0 Å². The van der Waals surface area contributed by atoms with Crippen LogP contribution in [0.25, 0.3) is 0 Å². The number of aliphatic hydroxyl groups excluding tert-OH is 1. The number of carbonyl (C=O) groups is 1. The number of hydrogen-bond acceptors (Lipinski definition) is 5. The minimum absolute atomic E-state index is 0.111. The standard InChI is InChI=1S/C21H28N2O5S/c1-14(2)12-23(20-10-5-15(3)11-16(20)4)29(27,28)18-8-6-17(7-9-18)22-19(13-24)21(25)26/h5-11,14,19,22,24H,12-13H2,1-4H3,(H,25,26). The Morgan fingerprint density at radius 3 is 2.21 bits per heavy atom. The van der Waals surface area contributed by atoms with Crippen LogP contribution in [0.2, 0.25) is 0 Å². The topological polar surface area (TPSA) is 107 Å². The number of aliphatic carboxylic acids is 1. The summed E-state index contributed by atoms with van der Waals surface area (Å²) < 4.78 is 28.2. The van der Waals surface area contributed by atoms with Gasteiger partial charge in [-0.25, -0.2) is 13.2 Å². The van der Waals surface area contributed by atoms with Crippen molar-refractivity contribution in [1.29, 1.82) is 0 Å². The first-order valence-electron chi connectivity index (χ1n) is 9.36. The Balaban J connectivity index is 2.40. The highest BCUT2D eigenvalue weighted by Crippen LogP contribution is 2.29. The average Bonchev–Trinajstić information content (AvgIpc) is 2.64. The molecule has 2 aromatic rings. The third-order valence-electron chi connectivity index (χ3n) is 4.42. The van der Waals surface area contributed by atoms with Gasteiger partial charge in [-0.05, 0) is 55.7 Å². The normalized spacial score (nSPS) is 12.6. The van der Waals surface area contributed by atoms with Gasteiger partial charge in [0.05, 0.1) is 17.2 Å². The van der Waals surface area contributed by atoms with Crippen molar-refractivity contribution in [1.82, 2.24) is 0 Å². The Morgan fingerprint density at radius 2 is 1.72 bits per heavy atom. The van der Waals surface area contributed by atoms with Crippen LogP contribution in [0.3, 0.4) is 0 Å². The molecule has 2 aromatic carbocycles. The first-order valence-corrected chi connectivity index (χ1v) is 10.8. The summed E-state index contributed by atoms with van der Waals surface area (Å²) in [6.45, 7) is 7.52. The molecule has 0 spiro atoms. The minimum Gasteiger partial charge on any atom is -0.480 e. The number of carboxylic acids is 1. The Labute approximate surface area is 172 Å². The minimum atomic E-state index is -3.81. The highest BCUT2D eigenvalue weighted by Gasteiger charge is 2.27. The lowest BCUT2D eigenvalue weighted by Crippen LogP contribution is -2.35. The molecule has 3 N–H and O–H groups in total. The molecule has 0 bridgehead atoms. The highest BCUT2D eigenvalue weighted by molar-refractivity contribution is 7.92. The summed E-state index contributed by atoms with van der Waals surface area (Å²) in [5, 5.41) is 20.8. The summed E-state index contributed by atoms with van der Waals surface area (Å²) in [4.78, 5) is 11.2. The van der Waals surface area contributed by atoms with E-state index in [1.807, 2.05) is 45.9 Å². The first-order chi connectivity index (χ1) is 13.6. The largest absolute Gasteiger partial charge is 0.480 e. The molecule has 0 aliphatic rings. The fourth-order valence-electron chi connectivity index (χ4n) is 2.98.